The quantitative estimate of drug-likeness (QED) is 0.416. The standard InChI is InChI=1S/3C8H16O2.Al/c3*1-4-8(5-2,6-3)7(9)10;/h3*4-6H2,1-3H3,(H,9,10);/q;;;+3/p-3. The van der Waals surface area contributed by atoms with Crippen molar-refractivity contribution in [2.24, 2.45) is 16.2 Å². The number of hydrogen-bond donors (Lipinski definition) is 0. The van der Waals surface area contributed by atoms with Crippen LogP contribution in [0.4, 0.5) is 0 Å². The Labute approximate surface area is 201 Å². The second kappa shape index (κ2) is 18.5. The van der Waals surface area contributed by atoms with E-state index in [1.165, 1.54) is 0 Å². The zero-order valence-corrected chi connectivity index (χ0v) is 22.5. The fraction of sp³-hybridized carbons (Fsp3) is 0.875. The van der Waals surface area contributed by atoms with E-state index in [2.05, 4.69) is 0 Å². The van der Waals surface area contributed by atoms with Crippen LogP contribution in [-0.2, 0) is 14.4 Å². The second-order valence-electron chi connectivity index (χ2n) is 7.89. The van der Waals surface area contributed by atoms with Crippen LogP contribution in [0.15, 0.2) is 0 Å². The van der Waals surface area contributed by atoms with Gasteiger partial charge in [0.15, 0.2) is 0 Å². The number of aliphatic carboxylic acids is 3. The molecule has 0 spiro atoms. The predicted octanol–water partition coefficient (Wildman–Crippen LogP) is 2.48. The Morgan fingerprint density at radius 1 is 0.419 bits per heavy atom. The van der Waals surface area contributed by atoms with Gasteiger partial charge in [0, 0.05) is 34.2 Å². The molecule has 0 saturated carbocycles. The molecule has 0 saturated heterocycles. The first kappa shape index (κ1) is 37.3. The smallest absolute Gasteiger partial charge is 0.550 e. The van der Waals surface area contributed by atoms with Crippen LogP contribution in [0, 0.1) is 16.2 Å². The van der Waals surface area contributed by atoms with Crippen LogP contribution < -0.4 is 15.3 Å². The van der Waals surface area contributed by atoms with Crippen molar-refractivity contribution in [3.05, 3.63) is 0 Å². The van der Waals surface area contributed by atoms with Gasteiger partial charge in [-0.15, -0.1) is 0 Å². The van der Waals surface area contributed by atoms with Gasteiger partial charge in [0.1, 0.15) is 0 Å². The van der Waals surface area contributed by atoms with Gasteiger partial charge in [-0.3, -0.25) is 0 Å². The summed E-state index contributed by atoms with van der Waals surface area (Å²) in [6, 6.07) is 0. The summed E-state index contributed by atoms with van der Waals surface area (Å²) in [5, 5.41) is 31.8. The van der Waals surface area contributed by atoms with Crippen molar-refractivity contribution in [2.45, 2.75) is 120 Å². The molecule has 31 heavy (non-hydrogen) atoms. The molecule has 0 aromatic heterocycles. The Morgan fingerprint density at radius 3 is 0.516 bits per heavy atom. The summed E-state index contributed by atoms with van der Waals surface area (Å²) in [5.74, 6) is -2.71. The molecule has 0 aromatic rings. The Kier molecular flexibility index (Phi) is 22.3. The van der Waals surface area contributed by atoms with Crippen molar-refractivity contribution in [3.8, 4) is 0 Å². The molecule has 0 radical (unpaired) electrons. The summed E-state index contributed by atoms with van der Waals surface area (Å²) in [4.78, 5) is 31.8. The molecular formula is C24H45AlO6. The fourth-order valence-corrected chi connectivity index (χ4v) is 3.55. The molecule has 6 nitrogen and oxygen atoms in total. The molecule has 0 aliphatic carbocycles. The molecule has 0 amide bonds. The summed E-state index contributed by atoms with van der Waals surface area (Å²) in [5.41, 5.74) is -1.71. The molecule has 0 aliphatic heterocycles. The molecule has 0 aliphatic rings. The number of rotatable bonds is 12. The van der Waals surface area contributed by atoms with Crippen molar-refractivity contribution in [1.29, 1.82) is 0 Å². The van der Waals surface area contributed by atoms with E-state index in [9.17, 15) is 29.7 Å². The van der Waals surface area contributed by atoms with E-state index >= 15 is 0 Å². The summed E-state index contributed by atoms with van der Waals surface area (Å²) < 4.78 is 0. The maximum atomic E-state index is 10.6. The van der Waals surface area contributed by atoms with Crippen LogP contribution in [0.25, 0.3) is 0 Å². The number of carbonyl (C=O) groups excluding carboxylic acids is 3. The first-order valence-corrected chi connectivity index (χ1v) is 11.5. The van der Waals surface area contributed by atoms with Gasteiger partial charge in [-0.05, 0) is 57.8 Å². The Hall–Kier alpha value is -1.06. The summed E-state index contributed by atoms with van der Waals surface area (Å²) in [6.45, 7) is 17.0. The van der Waals surface area contributed by atoms with Crippen LogP contribution >= 0.6 is 0 Å². The van der Waals surface area contributed by atoms with E-state index in [0.717, 1.165) is 0 Å². The van der Waals surface area contributed by atoms with Crippen molar-refractivity contribution in [1.82, 2.24) is 0 Å². The minimum Gasteiger partial charge on any atom is -0.550 e. The molecule has 7 heteroatoms. The largest absolute Gasteiger partial charge is 3.00 e. The van der Waals surface area contributed by atoms with Crippen molar-refractivity contribution in [2.75, 3.05) is 0 Å². The van der Waals surface area contributed by atoms with E-state index in [1.807, 2.05) is 62.3 Å². The van der Waals surface area contributed by atoms with Gasteiger partial charge in [-0.2, -0.15) is 0 Å². The molecule has 180 valence electrons. The molecule has 0 fully saturated rings. The fourth-order valence-electron chi connectivity index (χ4n) is 3.55. The van der Waals surface area contributed by atoms with Gasteiger partial charge in [0.05, 0.1) is 0 Å². The van der Waals surface area contributed by atoms with Crippen molar-refractivity contribution >= 4 is 35.3 Å². The van der Waals surface area contributed by atoms with Crippen LogP contribution in [0.3, 0.4) is 0 Å². The van der Waals surface area contributed by atoms with E-state index < -0.39 is 34.2 Å². The first-order valence-electron chi connectivity index (χ1n) is 11.5. The third kappa shape index (κ3) is 10.9. The zero-order chi connectivity index (χ0) is 24.6. The number of carbonyl (C=O) groups is 3. The zero-order valence-electron chi connectivity index (χ0n) is 21.4. The Bertz CT molecular complexity index is 396. The van der Waals surface area contributed by atoms with Crippen LogP contribution in [0.1, 0.15) is 120 Å². The topological polar surface area (TPSA) is 120 Å². The molecule has 0 bridgehead atoms. The third-order valence-electron chi connectivity index (χ3n) is 7.39. The summed E-state index contributed by atoms with van der Waals surface area (Å²) in [6.07, 6.45) is 6.02. The number of hydrogen-bond acceptors (Lipinski definition) is 6. The van der Waals surface area contributed by atoms with Gasteiger partial charge in [0.25, 0.3) is 0 Å². The molecule has 0 unspecified atom stereocenters. The summed E-state index contributed by atoms with van der Waals surface area (Å²) >= 11 is 0. The average molecular weight is 457 g/mol. The van der Waals surface area contributed by atoms with E-state index in [0.29, 0.717) is 57.8 Å². The number of carboxylic acid groups (broad SMARTS) is 3. The van der Waals surface area contributed by atoms with Gasteiger partial charge in [-0.25, -0.2) is 0 Å². The van der Waals surface area contributed by atoms with Crippen LogP contribution in [0.2, 0.25) is 0 Å². The molecule has 0 rings (SSSR count). The van der Waals surface area contributed by atoms with Crippen molar-refractivity contribution < 1.29 is 29.7 Å². The van der Waals surface area contributed by atoms with E-state index in [1.54, 1.807) is 0 Å². The van der Waals surface area contributed by atoms with Gasteiger partial charge < -0.3 is 29.7 Å². The van der Waals surface area contributed by atoms with E-state index in [-0.39, 0.29) is 17.4 Å². The minimum absolute atomic E-state index is 0. The SMILES string of the molecule is CCC(CC)(CC)C(=O)[O-].CCC(CC)(CC)C(=O)[O-].CCC(CC)(CC)C(=O)[O-].[Al+3]. The van der Waals surface area contributed by atoms with Gasteiger partial charge in [-0.1, -0.05) is 62.3 Å². The summed E-state index contributed by atoms with van der Waals surface area (Å²) in [7, 11) is 0. The predicted molar refractivity (Wildman–Crippen MR) is 121 cm³/mol. The second-order valence-corrected chi connectivity index (χ2v) is 7.89. The molecule has 0 aromatic carbocycles. The van der Waals surface area contributed by atoms with Gasteiger partial charge >= 0.3 is 17.4 Å². The minimum atomic E-state index is -0.903. The maximum absolute atomic E-state index is 10.6. The number of carboxylic acids is 3. The maximum Gasteiger partial charge on any atom is 3.00 e. The van der Waals surface area contributed by atoms with Crippen molar-refractivity contribution in [3.63, 3.8) is 0 Å². The molecular weight excluding hydrogens is 411 g/mol. The molecule has 0 atom stereocenters. The average Bonchev–Trinajstić information content (AvgIpc) is 2.73. The monoisotopic (exact) mass is 456 g/mol. The van der Waals surface area contributed by atoms with E-state index in [4.69, 9.17) is 0 Å². The molecule has 0 N–H and O–H groups in total. The van der Waals surface area contributed by atoms with Crippen LogP contribution in [-0.4, -0.2) is 35.3 Å². The third-order valence-corrected chi connectivity index (χ3v) is 7.39. The Morgan fingerprint density at radius 2 is 0.516 bits per heavy atom. The first-order chi connectivity index (χ1) is 13.9. The van der Waals surface area contributed by atoms with Crippen LogP contribution in [0.5, 0.6) is 0 Å². The van der Waals surface area contributed by atoms with Gasteiger partial charge in [0.2, 0.25) is 0 Å². The molecule has 0 heterocycles. The Balaban J connectivity index is -0.000000174. The normalized spacial score (nSPS) is 11.1.